The van der Waals surface area contributed by atoms with Crippen LogP contribution >= 0.6 is 0 Å². The van der Waals surface area contributed by atoms with Gasteiger partial charge in [0.2, 0.25) is 0 Å². The minimum absolute atomic E-state index is 0.00355. The molecule has 2 heterocycles. The molecule has 0 bridgehead atoms. The molecule has 1 aliphatic rings. The van der Waals surface area contributed by atoms with Gasteiger partial charge in [0.05, 0.1) is 6.04 Å². The average Bonchev–Trinajstić information content (AvgIpc) is 3.05. The van der Waals surface area contributed by atoms with Gasteiger partial charge < -0.3 is 20.1 Å². The molecule has 25 heavy (non-hydrogen) atoms. The molecular weight excluding hydrogens is 316 g/mol. The number of fused-ring (bicyclic) bond motifs is 1. The molecule has 0 fully saturated rings. The maximum atomic E-state index is 12.9. The Balaban J connectivity index is 1.75. The Hall–Kier alpha value is -2.76. The first-order valence-corrected chi connectivity index (χ1v) is 8.59. The standard InChI is InChI=1S/C19H24N4O2/c1-14(2)21-19(25)20-11-16-13-22-10-6-9-17(22)18(24)23(16)12-15-7-4-3-5-8-15/h3-10,14,16H,11-13H2,1-2H3,(H2,20,21,25). The van der Waals surface area contributed by atoms with Gasteiger partial charge in [-0.2, -0.15) is 0 Å². The van der Waals surface area contributed by atoms with Crippen molar-refractivity contribution in [3.63, 3.8) is 0 Å². The number of benzene rings is 1. The molecule has 0 radical (unpaired) electrons. The summed E-state index contributed by atoms with van der Waals surface area (Å²) in [5, 5.41) is 5.70. The van der Waals surface area contributed by atoms with Crippen molar-refractivity contribution in [2.24, 2.45) is 0 Å². The van der Waals surface area contributed by atoms with Crippen molar-refractivity contribution in [2.75, 3.05) is 6.54 Å². The lowest BCUT2D eigenvalue weighted by Crippen LogP contribution is -2.53. The lowest BCUT2D eigenvalue weighted by molar-refractivity contribution is 0.0574. The van der Waals surface area contributed by atoms with Crippen molar-refractivity contribution in [3.8, 4) is 0 Å². The second kappa shape index (κ2) is 7.42. The highest BCUT2D eigenvalue weighted by atomic mass is 16.2. The highest BCUT2D eigenvalue weighted by molar-refractivity contribution is 5.93. The Morgan fingerprint density at radius 3 is 2.68 bits per heavy atom. The molecule has 0 saturated carbocycles. The molecule has 1 aliphatic heterocycles. The predicted molar refractivity (Wildman–Crippen MR) is 96.2 cm³/mol. The van der Waals surface area contributed by atoms with Gasteiger partial charge in [0, 0.05) is 31.9 Å². The maximum absolute atomic E-state index is 12.9. The van der Waals surface area contributed by atoms with Crippen LogP contribution in [0.4, 0.5) is 4.79 Å². The fourth-order valence-corrected chi connectivity index (χ4v) is 3.09. The number of aromatic nitrogens is 1. The summed E-state index contributed by atoms with van der Waals surface area (Å²) in [6.07, 6.45) is 1.91. The summed E-state index contributed by atoms with van der Waals surface area (Å²) >= 11 is 0. The van der Waals surface area contributed by atoms with Gasteiger partial charge in [-0.1, -0.05) is 30.3 Å². The second-order valence-corrected chi connectivity index (χ2v) is 6.63. The minimum Gasteiger partial charge on any atom is -0.341 e. The van der Waals surface area contributed by atoms with Gasteiger partial charge in [-0.05, 0) is 31.5 Å². The number of carbonyl (C=O) groups excluding carboxylic acids is 2. The van der Waals surface area contributed by atoms with Crippen molar-refractivity contribution in [3.05, 3.63) is 59.9 Å². The van der Waals surface area contributed by atoms with Crippen LogP contribution in [0.1, 0.15) is 29.9 Å². The van der Waals surface area contributed by atoms with Gasteiger partial charge in [0.1, 0.15) is 5.69 Å². The van der Waals surface area contributed by atoms with E-state index in [0.29, 0.717) is 25.3 Å². The molecule has 1 atom stereocenters. The fraction of sp³-hybridized carbons (Fsp3) is 0.368. The predicted octanol–water partition coefficient (Wildman–Crippen LogP) is 2.22. The molecule has 1 unspecified atom stereocenters. The van der Waals surface area contributed by atoms with Crippen molar-refractivity contribution in [1.82, 2.24) is 20.1 Å². The summed E-state index contributed by atoms with van der Waals surface area (Å²) in [5.41, 5.74) is 1.77. The first-order chi connectivity index (χ1) is 12.0. The van der Waals surface area contributed by atoms with Gasteiger partial charge in [-0.3, -0.25) is 4.79 Å². The number of rotatable bonds is 5. The van der Waals surface area contributed by atoms with Crippen LogP contribution in [-0.2, 0) is 13.1 Å². The van der Waals surface area contributed by atoms with Crippen LogP contribution in [0.25, 0.3) is 0 Å². The molecule has 1 aromatic heterocycles. The van der Waals surface area contributed by atoms with Crippen LogP contribution < -0.4 is 10.6 Å². The summed E-state index contributed by atoms with van der Waals surface area (Å²) in [6.45, 7) is 5.44. The zero-order valence-electron chi connectivity index (χ0n) is 14.6. The molecule has 3 rings (SSSR count). The topological polar surface area (TPSA) is 66.4 Å². The van der Waals surface area contributed by atoms with E-state index in [-0.39, 0.29) is 24.0 Å². The summed E-state index contributed by atoms with van der Waals surface area (Å²) in [4.78, 5) is 26.6. The molecular formula is C19H24N4O2. The first-order valence-electron chi connectivity index (χ1n) is 8.59. The lowest BCUT2D eigenvalue weighted by atomic mass is 10.1. The molecule has 2 N–H and O–H groups in total. The number of nitrogens with one attached hydrogen (secondary N) is 2. The number of urea groups is 1. The van der Waals surface area contributed by atoms with E-state index >= 15 is 0 Å². The monoisotopic (exact) mass is 340 g/mol. The number of hydrogen-bond acceptors (Lipinski definition) is 2. The van der Waals surface area contributed by atoms with Crippen molar-refractivity contribution in [2.45, 2.75) is 39.0 Å². The SMILES string of the molecule is CC(C)NC(=O)NCC1Cn2cccc2C(=O)N1Cc1ccccc1. The summed E-state index contributed by atoms with van der Waals surface area (Å²) in [6, 6.07) is 13.4. The molecule has 0 spiro atoms. The van der Waals surface area contributed by atoms with Crippen molar-refractivity contribution in [1.29, 1.82) is 0 Å². The van der Waals surface area contributed by atoms with Crippen LogP contribution in [0.5, 0.6) is 0 Å². The largest absolute Gasteiger partial charge is 0.341 e. The van der Waals surface area contributed by atoms with E-state index in [1.54, 1.807) is 0 Å². The summed E-state index contributed by atoms with van der Waals surface area (Å²) in [7, 11) is 0. The normalized spacial score (nSPS) is 16.7. The van der Waals surface area contributed by atoms with Gasteiger partial charge >= 0.3 is 6.03 Å². The zero-order valence-corrected chi connectivity index (χ0v) is 14.6. The number of nitrogens with zero attached hydrogens (tertiary/aromatic N) is 2. The highest BCUT2D eigenvalue weighted by Crippen LogP contribution is 2.20. The van der Waals surface area contributed by atoms with E-state index < -0.39 is 0 Å². The van der Waals surface area contributed by atoms with Crippen LogP contribution in [0, 0.1) is 0 Å². The molecule has 3 amide bonds. The lowest BCUT2D eigenvalue weighted by Gasteiger charge is -2.37. The number of hydrogen-bond donors (Lipinski definition) is 2. The molecule has 6 heteroatoms. The van der Waals surface area contributed by atoms with Gasteiger partial charge in [0.25, 0.3) is 5.91 Å². The van der Waals surface area contributed by atoms with Crippen LogP contribution in [0.15, 0.2) is 48.7 Å². The molecule has 0 aliphatic carbocycles. The molecule has 132 valence electrons. The Labute approximate surface area is 147 Å². The molecule has 6 nitrogen and oxygen atoms in total. The number of carbonyl (C=O) groups is 2. The third-order valence-electron chi connectivity index (χ3n) is 4.27. The number of amides is 3. The fourth-order valence-electron chi connectivity index (χ4n) is 3.09. The highest BCUT2D eigenvalue weighted by Gasteiger charge is 2.32. The average molecular weight is 340 g/mol. The molecule has 2 aromatic rings. The Morgan fingerprint density at radius 2 is 1.96 bits per heavy atom. The Bertz CT molecular complexity index is 739. The van der Waals surface area contributed by atoms with Crippen LogP contribution in [-0.4, -0.2) is 40.0 Å². The van der Waals surface area contributed by atoms with Gasteiger partial charge in [0.15, 0.2) is 0 Å². The van der Waals surface area contributed by atoms with E-state index in [2.05, 4.69) is 10.6 Å². The second-order valence-electron chi connectivity index (χ2n) is 6.63. The molecule has 0 saturated heterocycles. The van der Waals surface area contributed by atoms with E-state index in [1.165, 1.54) is 0 Å². The van der Waals surface area contributed by atoms with Gasteiger partial charge in [-0.25, -0.2) is 4.79 Å². The first kappa shape index (κ1) is 17.1. The minimum atomic E-state index is -0.208. The summed E-state index contributed by atoms with van der Waals surface area (Å²) < 4.78 is 1.95. The molecule has 1 aromatic carbocycles. The Kier molecular flexibility index (Phi) is 5.07. The van der Waals surface area contributed by atoms with Crippen LogP contribution in [0.3, 0.4) is 0 Å². The van der Waals surface area contributed by atoms with E-state index in [4.69, 9.17) is 0 Å². The maximum Gasteiger partial charge on any atom is 0.315 e. The van der Waals surface area contributed by atoms with Crippen LogP contribution in [0.2, 0.25) is 0 Å². The Morgan fingerprint density at radius 1 is 1.20 bits per heavy atom. The zero-order chi connectivity index (χ0) is 17.8. The quantitative estimate of drug-likeness (QED) is 0.876. The van der Waals surface area contributed by atoms with Crippen molar-refractivity contribution < 1.29 is 9.59 Å². The van der Waals surface area contributed by atoms with E-state index in [9.17, 15) is 9.59 Å². The third-order valence-corrected chi connectivity index (χ3v) is 4.27. The van der Waals surface area contributed by atoms with Gasteiger partial charge in [-0.15, -0.1) is 0 Å². The van der Waals surface area contributed by atoms with Crippen molar-refractivity contribution >= 4 is 11.9 Å². The van der Waals surface area contributed by atoms with E-state index in [0.717, 1.165) is 5.56 Å². The summed E-state index contributed by atoms with van der Waals surface area (Å²) in [5.74, 6) is -0.00355. The third kappa shape index (κ3) is 4.02. The smallest absolute Gasteiger partial charge is 0.315 e. The van der Waals surface area contributed by atoms with E-state index in [1.807, 2.05) is 72.0 Å².